The molecule has 0 unspecified atom stereocenters. The standard InChI is InChI=1S/C32H38ClF3N6O5/c33-24-18-20(17-23(27(24)37)32(34,35)36)19-26(28(43)41-15-13-40(14-16-41)21-5-9-38-10-6-21)46-30(45)42-11-7-31(8-12-42)22-3-1-2-4-25(22)39-29(44)47-31/h1-4,17-18,21,26,38H,5-16,19,37H2,(H,39,44)/t26-/m1/s1. The fraction of sp³-hybridized carbons (Fsp3) is 0.531. The molecule has 3 fully saturated rings. The van der Waals surface area contributed by atoms with Gasteiger partial charge in [-0.25, -0.2) is 9.59 Å². The van der Waals surface area contributed by atoms with Gasteiger partial charge in [-0.2, -0.15) is 13.2 Å². The summed E-state index contributed by atoms with van der Waals surface area (Å²) in [7, 11) is 0. The summed E-state index contributed by atoms with van der Waals surface area (Å²) in [6.45, 7) is 4.31. The van der Waals surface area contributed by atoms with Gasteiger partial charge in [0.15, 0.2) is 6.10 Å². The minimum absolute atomic E-state index is 0.0619. The predicted molar refractivity (Wildman–Crippen MR) is 168 cm³/mol. The molecule has 3 amide bonds. The summed E-state index contributed by atoms with van der Waals surface area (Å²) >= 11 is 6.08. The molecule has 4 heterocycles. The number of nitrogen functional groups attached to an aromatic ring is 1. The van der Waals surface area contributed by atoms with Gasteiger partial charge >= 0.3 is 18.4 Å². The van der Waals surface area contributed by atoms with Crippen LogP contribution in [0.5, 0.6) is 0 Å². The number of piperazine rings is 1. The zero-order valence-electron chi connectivity index (χ0n) is 25.8. The Kier molecular flexibility index (Phi) is 9.45. The molecule has 0 aliphatic carbocycles. The largest absolute Gasteiger partial charge is 0.438 e. The Hall–Kier alpha value is -3.75. The number of likely N-dealkylation sites (tertiary alicyclic amines) is 1. The lowest BCUT2D eigenvalue weighted by molar-refractivity contribution is -0.143. The summed E-state index contributed by atoms with van der Waals surface area (Å²) in [5.74, 6) is -0.487. The summed E-state index contributed by atoms with van der Waals surface area (Å²) in [6, 6.07) is 9.84. The van der Waals surface area contributed by atoms with E-state index in [0.717, 1.165) is 37.6 Å². The third-order valence-electron chi connectivity index (χ3n) is 9.66. The zero-order chi connectivity index (χ0) is 33.3. The number of nitrogens with two attached hydrogens (primary N) is 1. The van der Waals surface area contributed by atoms with Crippen LogP contribution in [0.3, 0.4) is 0 Å². The highest BCUT2D eigenvalue weighted by Crippen LogP contribution is 2.43. The molecular weight excluding hydrogens is 641 g/mol. The molecule has 0 radical (unpaired) electrons. The molecule has 6 rings (SSSR count). The molecule has 2 aromatic rings. The molecule has 3 saturated heterocycles. The molecule has 0 aromatic heterocycles. The lowest BCUT2D eigenvalue weighted by Crippen LogP contribution is -2.56. The van der Waals surface area contributed by atoms with Crippen molar-refractivity contribution in [3.8, 4) is 0 Å². The Balaban J connectivity index is 1.18. The topological polar surface area (TPSA) is 129 Å². The number of hydrogen-bond donors (Lipinski definition) is 3. The van der Waals surface area contributed by atoms with Crippen LogP contribution in [0.15, 0.2) is 36.4 Å². The minimum Gasteiger partial charge on any atom is -0.438 e. The van der Waals surface area contributed by atoms with Crippen molar-refractivity contribution in [3.63, 3.8) is 0 Å². The molecule has 4 N–H and O–H groups in total. The monoisotopic (exact) mass is 678 g/mol. The number of anilines is 2. The summed E-state index contributed by atoms with van der Waals surface area (Å²) in [4.78, 5) is 45.2. The fourth-order valence-electron chi connectivity index (χ4n) is 7.08. The van der Waals surface area contributed by atoms with Gasteiger partial charge < -0.3 is 30.3 Å². The molecular formula is C32H38ClF3N6O5. The molecule has 0 saturated carbocycles. The lowest BCUT2D eigenvalue weighted by atomic mass is 9.82. The van der Waals surface area contributed by atoms with Gasteiger partial charge in [0, 0.05) is 70.1 Å². The van der Waals surface area contributed by atoms with E-state index in [1.54, 1.807) is 17.0 Å². The molecule has 4 aliphatic rings. The van der Waals surface area contributed by atoms with Crippen LogP contribution in [0.4, 0.5) is 34.1 Å². The normalized spacial score (nSPS) is 21.1. The van der Waals surface area contributed by atoms with E-state index in [-0.39, 0.29) is 30.1 Å². The SMILES string of the molecule is Nc1c(Cl)cc(C[C@@H](OC(=O)N2CCC3(CC2)OC(=O)Nc2ccccc23)C(=O)N2CCN(C3CCNCC3)CC2)cc1C(F)(F)F. The highest BCUT2D eigenvalue weighted by molar-refractivity contribution is 6.33. The first kappa shape index (κ1) is 33.2. The van der Waals surface area contributed by atoms with E-state index in [9.17, 15) is 27.6 Å². The number of hydrogen-bond acceptors (Lipinski definition) is 8. The molecule has 47 heavy (non-hydrogen) atoms. The van der Waals surface area contributed by atoms with E-state index >= 15 is 0 Å². The first-order valence-electron chi connectivity index (χ1n) is 15.9. The Labute approximate surface area is 275 Å². The smallest absolute Gasteiger partial charge is 0.418 e. The minimum atomic E-state index is -4.77. The van der Waals surface area contributed by atoms with E-state index in [2.05, 4.69) is 15.5 Å². The number of carbonyl (C=O) groups is 3. The number of fused-ring (bicyclic) bond motifs is 2. The Morgan fingerprint density at radius 2 is 1.72 bits per heavy atom. The van der Waals surface area contributed by atoms with Crippen molar-refractivity contribution >= 4 is 41.1 Å². The van der Waals surface area contributed by atoms with Crippen molar-refractivity contribution in [2.45, 2.75) is 56.0 Å². The number of rotatable bonds is 5. The summed E-state index contributed by atoms with van der Waals surface area (Å²) in [5, 5.41) is 5.75. The fourth-order valence-corrected chi connectivity index (χ4v) is 7.32. The van der Waals surface area contributed by atoms with E-state index < -0.39 is 47.2 Å². The number of carbonyl (C=O) groups excluding carboxylic acids is 3. The predicted octanol–water partition coefficient (Wildman–Crippen LogP) is 4.44. The molecule has 1 spiro atoms. The van der Waals surface area contributed by atoms with Crippen LogP contribution in [0.2, 0.25) is 5.02 Å². The Bertz CT molecular complexity index is 1500. The molecule has 11 nitrogen and oxygen atoms in total. The van der Waals surface area contributed by atoms with E-state index in [1.807, 2.05) is 12.1 Å². The number of benzene rings is 2. The van der Waals surface area contributed by atoms with Gasteiger partial charge in [0.2, 0.25) is 0 Å². The quantitative estimate of drug-likeness (QED) is 0.396. The van der Waals surface area contributed by atoms with Gasteiger partial charge in [-0.3, -0.25) is 15.0 Å². The van der Waals surface area contributed by atoms with Crippen molar-refractivity contribution in [1.29, 1.82) is 0 Å². The summed E-state index contributed by atoms with van der Waals surface area (Å²) in [6.07, 6.45) is -5.22. The van der Waals surface area contributed by atoms with Crippen LogP contribution in [0.1, 0.15) is 42.4 Å². The maximum atomic E-state index is 13.9. The maximum Gasteiger partial charge on any atom is 0.418 e. The number of para-hydroxylation sites is 1. The van der Waals surface area contributed by atoms with Gasteiger partial charge in [0.05, 0.1) is 22.0 Å². The third-order valence-corrected chi connectivity index (χ3v) is 9.97. The van der Waals surface area contributed by atoms with E-state index in [1.165, 1.54) is 11.0 Å². The summed E-state index contributed by atoms with van der Waals surface area (Å²) in [5.41, 5.74) is 4.50. The average Bonchev–Trinajstić information content (AvgIpc) is 3.06. The van der Waals surface area contributed by atoms with Gasteiger partial charge in [-0.15, -0.1) is 0 Å². The molecule has 254 valence electrons. The van der Waals surface area contributed by atoms with E-state index in [0.29, 0.717) is 50.7 Å². The van der Waals surface area contributed by atoms with Crippen molar-refractivity contribution in [1.82, 2.24) is 20.0 Å². The Morgan fingerprint density at radius 1 is 1.04 bits per heavy atom. The number of alkyl halides is 3. The zero-order valence-corrected chi connectivity index (χ0v) is 26.5. The van der Waals surface area contributed by atoms with Gasteiger partial charge in [-0.05, 0) is 49.7 Å². The lowest BCUT2D eigenvalue weighted by Gasteiger charge is -2.44. The van der Waals surface area contributed by atoms with Crippen LogP contribution < -0.4 is 16.4 Å². The van der Waals surface area contributed by atoms with Gasteiger partial charge in [-0.1, -0.05) is 29.8 Å². The molecule has 2 aromatic carbocycles. The number of ether oxygens (including phenoxy) is 2. The van der Waals surface area contributed by atoms with E-state index in [4.69, 9.17) is 26.8 Å². The Morgan fingerprint density at radius 3 is 2.40 bits per heavy atom. The van der Waals surface area contributed by atoms with Gasteiger partial charge in [0.1, 0.15) is 5.60 Å². The van der Waals surface area contributed by atoms with Crippen molar-refractivity contribution < 1.29 is 37.0 Å². The van der Waals surface area contributed by atoms with Crippen LogP contribution >= 0.6 is 11.6 Å². The van der Waals surface area contributed by atoms with Crippen molar-refractivity contribution in [2.24, 2.45) is 0 Å². The molecule has 1 atom stereocenters. The second-order valence-electron chi connectivity index (χ2n) is 12.5. The van der Waals surface area contributed by atoms with Crippen LogP contribution in [-0.2, 0) is 32.5 Å². The third kappa shape index (κ3) is 7.09. The summed E-state index contributed by atoms with van der Waals surface area (Å²) < 4.78 is 52.8. The first-order valence-corrected chi connectivity index (χ1v) is 16.2. The van der Waals surface area contributed by atoms with Crippen LogP contribution in [0.25, 0.3) is 0 Å². The average molecular weight is 679 g/mol. The number of nitrogens with one attached hydrogen (secondary N) is 2. The highest BCUT2D eigenvalue weighted by atomic mass is 35.5. The van der Waals surface area contributed by atoms with Crippen molar-refractivity contribution in [2.75, 3.05) is 63.4 Å². The van der Waals surface area contributed by atoms with Gasteiger partial charge in [0.25, 0.3) is 5.91 Å². The second-order valence-corrected chi connectivity index (χ2v) is 12.9. The molecule has 0 bridgehead atoms. The molecule has 4 aliphatic heterocycles. The number of piperidine rings is 2. The van der Waals surface area contributed by atoms with Crippen LogP contribution in [-0.4, -0.2) is 97.3 Å². The second kappa shape index (κ2) is 13.4. The van der Waals surface area contributed by atoms with Crippen LogP contribution in [0, 0.1) is 0 Å². The number of nitrogens with zero attached hydrogens (tertiary/aromatic N) is 3. The van der Waals surface area contributed by atoms with Crippen molar-refractivity contribution in [3.05, 3.63) is 58.1 Å². The number of halogens is 4. The molecule has 15 heteroatoms. The first-order chi connectivity index (χ1) is 22.4. The maximum absolute atomic E-state index is 13.9. The number of amides is 3. The highest BCUT2D eigenvalue weighted by Gasteiger charge is 2.46.